The van der Waals surface area contributed by atoms with Crippen LogP contribution in [0.5, 0.6) is 0 Å². The molecule has 1 aromatic heterocycles. The van der Waals surface area contributed by atoms with Gasteiger partial charge in [0.05, 0.1) is 18.2 Å². The second kappa shape index (κ2) is 6.57. The van der Waals surface area contributed by atoms with Gasteiger partial charge in [-0.25, -0.2) is 4.98 Å². The van der Waals surface area contributed by atoms with Crippen LogP contribution in [-0.2, 0) is 6.54 Å². The largest absolute Gasteiger partial charge is 0.329 e. The Morgan fingerprint density at radius 2 is 2.00 bits per heavy atom. The van der Waals surface area contributed by atoms with Crippen molar-refractivity contribution in [1.29, 1.82) is 0 Å². The lowest BCUT2D eigenvalue weighted by Crippen LogP contribution is -2.20. The average molecular weight is 264 g/mol. The molecule has 1 aromatic carbocycles. The van der Waals surface area contributed by atoms with Crippen molar-refractivity contribution >= 4 is 11.6 Å². The van der Waals surface area contributed by atoms with E-state index >= 15 is 0 Å². The normalized spacial score (nSPS) is 10.8. The van der Waals surface area contributed by atoms with Gasteiger partial charge in [0.15, 0.2) is 0 Å². The first kappa shape index (κ1) is 13.1. The molecular formula is C14H18ClN3. The maximum Gasteiger partial charge on any atom is 0.0951 e. The Labute approximate surface area is 113 Å². The molecule has 1 N–H and O–H groups in total. The van der Waals surface area contributed by atoms with Crippen LogP contribution in [0.3, 0.4) is 0 Å². The Morgan fingerprint density at radius 3 is 2.72 bits per heavy atom. The molecule has 0 bridgehead atoms. The quantitative estimate of drug-likeness (QED) is 0.811. The van der Waals surface area contributed by atoms with Crippen molar-refractivity contribution < 1.29 is 0 Å². The van der Waals surface area contributed by atoms with Gasteiger partial charge in [-0.2, -0.15) is 0 Å². The lowest BCUT2D eigenvalue weighted by Gasteiger charge is -2.09. The molecule has 18 heavy (non-hydrogen) atoms. The van der Waals surface area contributed by atoms with Gasteiger partial charge in [-0.3, -0.25) is 0 Å². The van der Waals surface area contributed by atoms with E-state index in [0.29, 0.717) is 0 Å². The van der Waals surface area contributed by atoms with Gasteiger partial charge in [0.25, 0.3) is 0 Å². The molecule has 0 saturated heterocycles. The fourth-order valence-corrected chi connectivity index (χ4v) is 1.99. The summed E-state index contributed by atoms with van der Waals surface area (Å²) in [6.45, 7) is 5.12. The summed E-state index contributed by atoms with van der Waals surface area (Å²) in [7, 11) is 0. The minimum absolute atomic E-state index is 0.759. The van der Waals surface area contributed by atoms with E-state index in [2.05, 4.69) is 21.8 Å². The molecule has 0 unspecified atom stereocenters. The highest BCUT2D eigenvalue weighted by Gasteiger charge is 2.04. The number of nitrogens with one attached hydrogen (secondary N) is 1. The lowest BCUT2D eigenvalue weighted by atomic mass is 10.2. The maximum absolute atomic E-state index is 5.90. The highest BCUT2D eigenvalue weighted by molar-refractivity contribution is 6.30. The fourth-order valence-electron chi connectivity index (χ4n) is 1.86. The summed E-state index contributed by atoms with van der Waals surface area (Å²) < 4.78 is 2.16. The van der Waals surface area contributed by atoms with Crippen molar-refractivity contribution in [2.45, 2.75) is 19.9 Å². The van der Waals surface area contributed by atoms with Crippen LogP contribution in [0.25, 0.3) is 11.3 Å². The number of halogens is 1. The number of hydrogen-bond donors (Lipinski definition) is 1. The van der Waals surface area contributed by atoms with E-state index in [1.54, 1.807) is 0 Å². The van der Waals surface area contributed by atoms with Crippen molar-refractivity contribution in [1.82, 2.24) is 14.9 Å². The zero-order valence-corrected chi connectivity index (χ0v) is 11.3. The molecule has 96 valence electrons. The monoisotopic (exact) mass is 263 g/mol. The molecule has 0 aliphatic rings. The summed E-state index contributed by atoms with van der Waals surface area (Å²) in [6, 6.07) is 7.86. The first-order valence-corrected chi connectivity index (χ1v) is 6.66. The third-order valence-corrected chi connectivity index (χ3v) is 3.06. The highest BCUT2D eigenvalue weighted by Crippen LogP contribution is 2.20. The number of nitrogens with zero attached hydrogens (tertiary/aromatic N) is 2. The van der Waals surface area contributed by atoms with E-state index in [4.69, 9.17) is 11.6 Å². The van der Waals surface area contributed by atoms with Gasteiger partial charge in [0.1, 0.15) is 0 Å². The van der Waals surface area contributed by atoms with Crippen LogP contribution in [0.4, 0.5) is 0 Å². The van der Waals surface area contributed by atoms with E-state index in [1.165, 1.54) is 0 Å². The molecule has 0 radical (unpaired) electrons. The highest BCUT2D eigenvalue weighted by atomic mass is 35.5. The molecule has 0 aliphatic carbocycles. The topological polar surface area (TPSA) is 29.9 Å². The number of rotatable bonds is 6. The Kier molecular flexibility index (Phi) is 4.79. The van der Waals surface area contributed by atoms with Crippen LogP contribution in [0, 0.1) is 0 Å². The Hall–Kier alpha value is -1.32. The fraction of sp³-hybridized carbons (Fsp3) is 0.357. The van der Waals surface area contributed by atoms with Gasteiger partial charge in [0, 0.05) is 18.1 Å². The van der Waals surface area contributed by atoms with E-state index in [9.17, 15) is 0 Å². The molecular weight excluding hydrogens is 246 g/mol. The van der Waals surface area contributed by atoms with E-state index in [-0.39, 0.29) is 0 Å². The molecule has 4 heteroatoms. The van der Waals surface area contributed by atoms with Crippen LogP contribution in [0.1, 0.15) is 13.3 Å². The predicted octanol–water partition coefficient (Wildman–Crippen LogP) is 3.20. The molecule has 2 rings (SSSR count). The summed E-state index contributed by atoms with van der Waals surface area (Å²) in [5.74, 6) is 0. The maximum atomic E-state index is 5.90. The number of imidazole rings is 1. The standard InChI is InChI=1S/C14H18ClN3/c1-2-7-16-8-9-18-11-17-10-14(18)12-3-5-13(15)6-4-12/h3-6,10-11,16H,2,7-9H2,1H3. The van der Waals surface area contributed by atoms with Gasteiger partial charge in [-0.1, -0.05) is 30.7 Å². The van der Waals surface area contributed by atoms with Gasteiger partial charge in [-0.15, -0.1) is 0 Å². The third kappa shape index (κ3) is 3.34. The predicted molar refractivity (Wildman–Crippen MR) is 75.8 cm³/mol. The average Bonchev–Trinajstić information content (AvgIpc) is 2.84. The molecule has 0 atom stereocenters. The summed E-state index contributed by atoms with van der Waals surface area (Å²) in [4.78, 5) is 4.22. The zero-order chi connectivity index (χ0) is 12.8. The van der Waals surface area contributed by atoms with E-state index in [1.807, 2.05) is 36.8 Å². The van der Waals surface area contributed by atoms with Crippen LogP contribution < -0.4 is 5.32 Å². The first-order valence-electron chi connectivity index (χ1n) is 6.28. The second-order valence-corrected chi connectivity index (χ2v) is 4.67. The minimum atomic E-state index is 0.759. The van der Waals surface area contributed by atoms with Gasteiger partial charge in [0.2, 0.25) is 0 Å². The Balaban J connectivity index is 2.05. The number of benzene rings is 1. The van der Waals surface area contributed by atoms with Crippen LogP contribution in [-0.4, -0.2) is 22.6 Å². The first-order chi connectivity index (χ1) is 8.81. The van der Waals surface area contributed by atoms with Crippen LogP contribution in [0.2, 0.25) is 5.02 Å². The molecule has 3 nitrogen and oxygen atoms in total. The summed E-state index contributed by atoms with van der Waals surface area (Å²) in [5.41, 5.74) is 2.28. The third-order valence-electron chi connectivity index (χ3n) is 2.81. The Morgan fingerprint density at radius 1 is 1.22 bits per heavy atom. The molecule has 0 saturated carbocycles. The molecule has 0 fully saturated rings. The number of hydrogen-bond acceptors (Lipinski definition) is 2. The molecule has 0 spiro atoms. The van der Waals surface area contributed by atoms with Crippen LogP contribution in [0.15, 0.2) is 36.8 Å². The Bertz CT molecular complexity index is 476. The van der Waals surface area contributed by atoms with Crippen molar-refractivity contribution in [2.24, 2.45) is 0 Å². The molecule has 0 aliphatic heterocycles. The number of aromatic nitrogens is 2. The SMILES string of the molecule is CCCNCCn1cncc1-c1ccc(Cl)cc1. The zero-order valence-electron chi connectivity index (χ0n) is 10.6. The van der Waals surface area contributed by atoms with Gasteiger partial charge < -0.3 is 9.88 Å². The van der Waals surface area contributed by atoms with Crippen molar-refractivity contribution in [3.05, 3.63) is 41.8 Å². The second-order valence-electron chi connectivity index (χ2n) is 4.23. The smallest absolute Gasteiger partial charge is 0.0951 e. The van der Waals surface area contributed by atoms with Crippen LogP contribution >= 0.6 is 11.6 Å². The summed E-state index contributed by atoms with van der Waals surface area (Å²) in [6.07, 6.45) is 4.93. The molecule has 0 amide bonds. The molecule has 1 heterocycles. The minimum Gasteiger partial charge on any atom is -0.329 e. The van der Waals surface area contributed by atoms with Crippen molar-refractivity contribution in [3.63, 3.8) is 0 Å². The van der Waals surface area contributed by atoms with Gasteiger partial charge >= 0.3 is 0 Å². The van der Waals surface area contributed by atoms with Gasteiger partial charge in [-0.05, 0) is 30.7 Å². The van der Waals surface area contributed by atoms with Crippen molar-refractivity contribution in [3.8, 4) is 11.3 Å². The van der Waals surface area contributed by atoms with E-state index in [0.717, 1.165) is 42.3 Å². The summed E-state index contributed by atoms with van der Waals surface area (Å²) in [5, 5.41) is 4.15. The van der Waals surface area contributed by atoms with Crippen molar-refractivity contribution in [2.75, 3.05) is 13.1 Å². The summed E-state index contributed by atoms with van der Waals surface area (Å²) >= 11 is 5.90. The molecule has 2 aromatic rings. The van der Waals surface area contributed by atoms with E-state index < -0.39 is 0 Å². The lowest BCUT2D eigenvalue weighted by molar-refractivity contribution is 0.596.